The summed E-state index contributed by atoms with van der Waals surface area (Å²) in [6.07, 6.45) is 4.39. The van der Waals surface area contributed by atoms with Gasteiger partial charge in [-0.25, -0.2) is 0 Å². The van der Waals surface area contributed by atoms with E-state index in [4.69, 9.17) is 0 Å². The highest BCUT2D eigenvalue weighted by molar-refractivity contribution is 6.04. The lowest BCUT2D eigenvalue weighted by molar-refractivity contribution is -0.125. The Morgan fingerprint density at radius 1 is 1.29 bits per heavy atom. The van der Waals surface area contributed by atoms with Crippen molar-refractivity contribution in [3.05, 3.63) is 11.8 Å². The summed E-state index contributed by atoms with van der Waals surface area (Å²) in [4.78, 5) is 14.8. The molecule has 2 unspecified atom stereocenters. The number of hydrogen-bond acceptors (Lipinski definition) is 2. The van der Waals surface area contributed by atoms with E-state index in [1.807, 2.05) is 0 Å². The molecule has 17 heavy (non-hydrogen) atoms. The van der Waals surface area contributed by atoms with Gasteiger partial charge in [0.15, 0.2) is 5.78 Å². The van der Waals surface area contributed by atoms with Crippen LogP contribution in [0.25, 0.3) is 0 Å². The number of fused-ring (bicyclic) bond motifs is 2. The number of rotatable bonds is 3. The fourth-order valence-electron chi connectivity index (χ4n) is 3.68. The van der Waals surface area contributed by atoms with Crippen LogP contribution in [0, 0.1) is 16.7 Å². The van der Waals surface area contributed by atoms with Crippen LogP contribution in [-0.2, 0) is 4.79 Å². The van der Waals surface area contributed by atoms with Crippen molar-refractivity contribution >= 4 is 5.78 Å². The maximum Gasteiger partial charge on any atom is 0.167 e. The average molecular weight is 235 g/mol. The van der Waals surface area contributed by atoms with E-state index in [0.717, 1.165) is 25.1 Å². The molecule has 2 nitrogen and oxygen atoms in total. The van der Waals surface area contributed by atoms with Gasteiger partial charge >= 0.3 is 0 Å². The summed E-state index contributed by atoms with van der Waals surface area (Å²) in [7, 11) is 0. The van der Waals surface area contributed by atoms with E-state index in [9.17, 15) is 4.79 Å². The van der Waals surface area contributed by atoms with E-state index in [1.54, 1.807) is 0 Å². The maximum atomic E-state index is 12.6. The lowest BCUT2D eigenvalue weighted by atomic mass is 9.70. The number of Topliss-reactive ketones (excluding diaryl/α,β-unsaturated/α-hetero) is 1. The van der Waals surface area contributed by atoms with Crippen molar-refractivity contribution in [3.8, 4) is 0 Å². The SMILES string of the molecule is CCN(/C=C1/C(=O)C2(C)CCC1C2(C)C)CC. The molecule has 0 heterocycles. The van der Waals surface area contributed by atoms with Gasteiger partial charge < -0.3 is 4.90 Å². The van der Waals surface area contributed by atoms with Gasteiger partial charge in [0, 0.05) is 30.3 Å². The first-order valence-corrected chi connectivity index (χ1v) is 6.89. The summed E-state index contributed by atoms with van der Waals surface area (Å²) in [5.74, 6) is 0.881. The summed E-state index contributed by atoms with van der Waals surface area (Å²) in [6.45, 7) is 13.0. The van der Waals surface area contributed by atoms with Gasteiger partial charge in [-0.05, 0) is 38.0 Å². The molecule has 2 saturated carbocycles. The minimum absolute atomic E-state index is 0.114. The molecule has 2 heteroatoms. The van der Waals surface area contributed by atoms with Gasteiger partial charge in [0.25, 0.3) is 0 Å². The maximum absolute atomic E-state index is 12.6. The zero-order valence-electron chi connectivity index (χ0n) is 11.8. The smallest absolute Gasteiger partial charge is 0.167 e. The average Bonchev–Trinajstić information content (AvgIpc) is 2.59. The third kappa shape index (κ3) is 1.49. The van der Waals surface area contributed by atoms with Gasteiger partial charge in [0.2, 0.25) is 0 Å². The van der Waals surface area contributed by atoms with Crippen LogP contribution >= 0.6 is 0 Å². The largest absolute Gasteiger partial charge is 0.378 e. The molecule has 0 amide bonds. The molecular weight excluding hydrogens is 210 g/mol. The molecule has 2 aliphatic carbocycles. The van der Waals surface area contributed by atoms with Gasteiger partial charge in [0.1, 0.15) is 0 Å². The Labute approximate surface area is 105 Å². The Balaban J connectivity index is 2.38. The molecular formula is C15H25NO. The van der Waals surface area contributed by atoms with Crippen LogP contribution in [0.3, 0.4) is 0 Å². The minimum Gasteiger partial charge on any atom is -0.378 e. The highest BCUT2D eigenvalue weighted by Crippen LogP contribution is 2.65. The second kappa shape index (κ2) is 3.86. The Morgan fingerprint density at radius 3 is 2.29 bits per heavy atom. The molecule has 2 bridgehead atoms. The fraction of sp³-hybridized carbons (Fsp3) is 0.800. The molecule has 2 rings (SSSR count). The molecule has 2 aliphatic rings. The number of nitrogens with zero attached hydrogens (tertiary/aromatic N) is 1. The molecule has 0 saturated heterocycles. The molecule has 0 aliphatic heterocycles. The molecule has 0 N–H and O–H groups in total. The van der Waals surface area contributed by atoms with Crippen LogP contribution in [0.15, 0.2) is 11.8 Å². The molecule has 96 valence electrons. The Kier molecular flexibility index (Phi) is 2.87. The molecule has 0 spiro atoms. The predicted octanol–water partition coefficient (Wildman–Crippen LogP) is 3.24. The predicted molar refractivity (Wildman–Crippen MR) is 70.6 cm³/mol. The van der Waals surface area contributed by atoms with Crippen LogP contribution in [0.4, 0.5) is 0 Å². The van der Waals surface area contributed by atoms with Gasteiger partial charge in [-0.2, -0.15) is 0 Å². The van der Waals surface area contributed by atoms with Crippen molar-refractivity contribution in [2.75, 3.05) is 13.1 Å². The number of hydrogen-bond donors (Lipinski definition) is 0. The van der Waals surface area contributed by atoms with Crippen LogP contribution in [0.5, 0.6) is 0 Å². The van der Waals surface area contributed by atoms with Crippen molar-refractivity contribution in [3.63, 3.8) is 0 Å². The normalized spacial score (nSPS) is 36.9. The molecule has 0 aromatic carbocycles. The van der Waals surface area contributed by atoms with Crippen molar-refractivity contribution in [1.82, 2.24) is 4.90 Å². The van der Waals surface area contributed by atoms with Crippen LogP contribution in [-0.4, -0.2) is 23.8 Å². The Bertz CT molecular complexity index is 365. The molecule has 0 radical (unpaired) electrons. The Morgan fingerprint density at radius 2 is 1.88 bits per heavy atom. The summed E-state index contributed by atoms with van der Waals surface area (Å²) in [6, 6.07) is 0. The summed E-state index contributed by atoms with van der Waals surface area (Å²) in [5, 5.41) is 0. The summed E-state index contributed by atoms with van der Waals surface area (Å²) < 4.78 is 0. The first-order valence-electron chi connectivity index (χ1n) is 6.89. The van der Waals surface area contributed by atoms with Gasteiger partial charge in [0.05, 0.1) is 0 Å². The molecule has 2 fully saturated rings. The van der Waals surface area contributed by atoms with Gasteiger partial charge in [-0.15, -0.1) is 0 Å². The Hall–Kier alpha value is -0.790. The van der Waals surface area contributed by atoms with Crippen molar-refractivity contribution in [2.45, 2.75) is 47.5 Å². The van der Waals surface area contributed by atoms with Gasteiger partial charge in [-0.3, -0.25) is 4.79 Å². The second-order valence-electron chi connectivity index (χ2n) is 6.28. The lowest BCUT2D eigenvalue weighted by Crippen LogP contribution is -2.32. The highest BCUT2D eigenvalue weighted by atomic mass is 16.1. The highest BCUT2D eigenvalue weighted by Gasteiger charge is 2.64. The number of carbonyl (C=O) groups excluding carboxylic acids is 1. The van der Waals surface area contributed by atoms with Crippen LogP contribution in [0.2, 0.25) is 0 Å². The van der Waals surface area contributed by atoms with E-state index in [2.05, 4.69) is 45.7 Å². The standard InChI is InChI=1S/C15H25NO/c1-6-16(7-2)10-11-12-8-9-15(5,13(11)17)14(12,3)4/h10,12H,6-9H2,1-5H3/b11-10+. The van der Waals surface area contributed by atoms with Gasteiger partial charge in [-0.1, -0.05) is 20.8 Å². The van der Waals surface area contributed by atoms with E-state index < -0.39 is 0 Å². The van der Waals surface area contributed by atoms with Crippen molar-refractivity contribution < 1.29 is 4.79 Å². The number of carbonyl (C=O) groups is 1. The van der Waals surface area contributed by atoms with Crippen molar-refractivity contribution in [1.29, 1.82) is 0 Å². The first-order chi connectivity index (χ1) is 7.88. The minimum atomic E-state index is -0.114. The molecule has 0 aromatic heterocycles. The van der Waals surface area contributed by atoms with Crippen LogP contribution in [0.1, 0.15) is 47.5 Å². The lowest BCUT2D eigenvalue weighted by Gasteiger charge is -2.31. The van der Waals surface area contributed by atoms with Crippen LogP contribution < -0.4 is 0 Å². The molecule has 0 aromatic rings. The third-order valence-electron chi connectivity index (χ3n) is 5.50. The molecule has 2 atom stereocenters. The van der Waals surface area contributed by atoms with Crippen molar-refractivity contribution in [2.24, 2.45) is 16.7 Å². The number of ketones is 1. The van der Waals surface area contributed by atoms with E-state index in [0.29, 0.717) is 11.7 Å². The third-order valence-corrected chi connectivity index (χ3v) is 5.50. The first kappa shape index (κ1) is 12.7. The monoisotopic (exact) mass is 235 g/mol. The summed E-state index contributed by atoms with van der Waals surface area (Å²) >= 11 is 0. The van der Waals surface area contributed by atoms with E-state index in [1.165, 1.54) is 6.42 Å². The topological polar surface area (TPSA) is 20.3 Å². The quantitative estimate of drug-likeness (QED) is 0.700. The van der Waals surface area contributed by atoms with E-state index >= 15 is 0 Å². The summed E-state index contributed by atoms with van der Waals surface area (Å²) in [5.41, 5.74) is 1.12. The zero-order chi connectivity index (χ0) is 12.8. The zero-order valence-corrected chi connectivity index (χ0v) is 11.8. The fourth-order valence-corrected chi connectivity index (χ4v) is 3.68. The van der Waals surface area contributed by atoms with E-state index in [-0.39, 0.29) is 10.8 Å². The second-order valence-corrected chi connectivity index (χ2v) is 6.28. The number of allylic oxidation sites excluding steroid dienone is 1.